The van der Waals surface area contributed by atoms with Crippen LogP contribution in [-0.4, -0.2) is 26.7 Å². The average Bonchev–Trinajstić information content (AvgIpc) is 3.07. The Bertz CT molecular complexity index is 1060. The van der Waals surface area contributed by atoms with Crippen molar-refractivity contribution in [1.82, 2.24) is 0 Å². The molecule has 1 amide bonds. The number of hydrogen-bond acceptors (Lipinski definition) is 5. The first-order valence-corrected chi connectivity index (χ1v) is 9.33. The molecule has 0 saturated heterocycles. The van der Waals surface area contributed by atoms with E-state index in [4.69, 9.17) is 18.6 Å². The van der Waals surface area contributed by atoms with Crippen LogP contribution in [-0.2, 0) is 4.79 Å². The number of nitrogens with one attached hydrogen (secondary N) is 1. The number of carbonyl (C=O) groups is 1. The third-order valence-electron chi connectivity index (χ3n) is 4.61. The molecule has 6 heteroatoms. The molecule has 3 rings (SSSR count). The molecule has 0 aliphatic carbocycles. The van der Waals surface area contributed by atoms with Crippen LogP contribution in [0.4, 0.5) is 5.69 Å². The number of fused-ring (bicyclic) bond motifs is 1. The normalized spacial score (nSPS) is 11.4. The second kappa shape index (κ2) is 8.73. The lowest BCUT2D eigenvalue weighted by molar-refractivity contribution is -0.111. The number of methoxy groups -OCH3 is 2. The van der Waals surface area contributed by atoms with Crippen molar-refractivity contribution in [1.29, 1.82) is 0 Å². The lowest BCUT2D eigenvalue weighted by Crippen LogP contribution is -2.10. The van der Waals surface area contributed by atoms with E-state index in [0.29, 0.717) is 29.5 Å². The first-order chi connectivity index (χ1) is 14.0. The molecule has 0 atom stereocenters. The van der Waals surface area contributed by atoms with Crippen molar-refractivity contribution >= 4 is 28.1 Å². The van der Waals surface area contributed by atoms with Crippen molar-refractivity contribution in [3.8, 4) is 17.2 Å². The van der Waals surface area contributed by atoms with Crippen LogP contribution in [0.1, 0.15) is 25.0 Å². The molecule has 29 heavy (non-hydrogen) atoms. The predicted octanol–water partition coefficient (Wildman–Crippen LogP) is 5.20. The van der Waals surface area contributed by atoms with Crippen molar-refractivity contribution in [2.24, 2.45) is 0 Å². The first-order valence-electron chi connectivity index (χ1n) is 9.33. The maximum atomic E-state index is 12.7. The van der Waals surface area contributed by atoms with Gasteiger partial charge in [-0.1, -0.05) is 0 Å². The lowest BCUT2D eigenvalue weighted by atomic mass is 10.0. The Kier molecular flexibility index (Phi) is 6.12. The number of allylic oxidation sites excluding steroid dienone is 1. The van der Waals surface area contributed by atoms with Gasteiger partial charge in [0.2, 0.25) is 5.91 Å². The number of ether oxygens (including phenoxy) is 3. The van der Waals surface area contributed by atoms with Crippen molar-refractivity contribution in [3.05, 3.63) is 53.8 Å². The van der Waals surface area contributed by atoms with Crippen LogP contribution in [0.25, 0.3) is 16.5 Å². The monoisotopic (exact) mass is 395 g/mol. The number of anilines is 1. The fourth-order valence-corrected chi connectivity index (χ4v) is 3.12. The molecule has 0 fully saturated rings. The number of aryl methyl sites for hydroxylation is 1. The van der Waals surface area contributed by atoms with Gasteiger partial charge < -0.3 is 23.9 Å². The third-order valence-corrected chi connectivity index (χ3v) is 4.61. The average molecular weight is 395 g/mol. The zero-order chi connectivity index (χ0) is 21.0. The summed E-state index contributed by atoms with van der Waals surface area (Å²) in [4.78, 5) is 12.7. The highest BCUT2D eigenvalue weighted by Gasteiger charge is 2.14. The van der Waals surface area contributed by atoms with E-state index < -0.39 is 0 Å². The van der Waals surface area contributed by atoms with Crippen LogP contribution < -0.4 is 19.5 Å². The summed E-state index contributed by atoms with van der Waals surface area (Å²) < 4.78 is 21.9. The molecule has 0 unspecified atom stereocenters. The highest BCUT2D eigenvalue weighted by molar-refractivity contribution is 6.05. The topological polar surface area (TPSA) is 69.9 Å². The van der Waals surface area contributed by atoms with E-state index in [0.717, 1.165) is 27.7 Å². The first kappa shape index (κ1) is 20.3. The molecule has 0 radical (unpaired) electrons. The minimum Gasteiger partial charge on any atom is -0.497 e. The second-order valence-electron chi connectivity index (χ2n) is 6.58. The van der Waals surface area contributed by atoms with Gasteiger partial charge in [-0.05, 0) is 50.1 Å². The molecular weight excluding hydrogens is 370 g/mol. The Morgan fingerprint density at radius 1 is 1.14 bits per heavy atom. The highest BCUT2D eigenvalue weighted by Crippen LogP contribution is 2.34. The molecule has 0 aliphatic heterocycles. The minimum atomic E-state index is -0.277. The summed E-state index contributed by atoms with van der Waals surface area (Å²) >= 11 is 0. The molecule has 1 N–H and O–H groups in total. The Morgan fingerprint density at radius 2 is 1.93 bits per heavy atom. The fourth-order valence-electron chi connectivity index (χ4n) is 3.12. The van der Waals surface area contributed by atoms with Crippen LogP contribution in [0.2, 0.25) is 0 Å². The van der Waals surface area contributed by atoms with E-state index in [1.54, 1.807) is 38.7 Å². The zero-order valence-corrected chi connectivity index (χ0v) is 17.3. The summed E-state index contributed by atoms with van der Waals surface area (Å²) in [5.74, 6) is 1.58. The molecular formula is C23H25NO5. The number of amides is 1. The number of furan rings is 1. The maximum Gasteiger partial charge on any atom is 0.248 e. The Morgan fingerprint density at radius 3 is 2.62 bits per heavy atom. The number of benzene rings is 2. The molecule has 3 aromatic rings. The predicted molar refractivity (Wildman–Crippen MR) is 114 cm³/mol. The van der Waals surface area contributed by atoms with Gasteiger partial charge in [0, 0.05) is 29.2 Å². The van der Waals surface area contributed by atoms with Gasteiger partial charge in [0.1, 0.15) is 22.8 Å². The highest BCUT2D eigenvalue weighted by atomic mass is 16.5. The quantitative estimate of drug-likeness (QED) is 0.557. The van der Waals surface area contributed by atoms with Crippen LogP contribution in [0.5, 0.6) is 17.2 Å². The fraction of sp³-hybridized carbons (Fsp3) is 0.261. The van der Waals surface area contributed by atoms with E-state index in [-0.39, 0.29) is 5.91 Å². The molecule has 0 bridgehead atoms. The van der Waals surface area contributed by atoms with Gasteiger partial charge in [-0.2, -0.15) is 0 Å². The summed E-state index contributed by atoms with van der Waals surface area (Å²) in [5.41, 5.74) is 3.94. The third kappa shape index (κ3) is 4.37. The van der Waals surface area contributed by atoms with E-state index >= 15 is 0 Å². The van der Waals surface area contributed by atoms with E-state index in [1.807, 2.05) is 32.9 Å². The molecule has 2 aromatic carbocycles. The Hall–Kier alpha value is -3.41. The molecule has 0 saturated carbocycles. The van der Waals surface area contributed by atoms with Crippen LogP contribution in [0.15, 0.2) is 47.1 Å². The summed E-state index contributed by atoms with van der Waals surface area (Å²) in [5, 5.41) is 3.84. The van der Waals surface area contributed by atoms with Gasteiger partial charge in [-0.3, -0.25) is 4.79 Å². The summed E-state index contributed by atoms with van der Waals surface area (Å²) in [6.07, 6.45) is 3.25. The molecule has 1 heterocycles. The molecule has 0 spiro atoms. The Labute approximate surface area is 170 Å². The lowest BCUT2D eigenvalue weighted by Gasteiger charge is -2.13. The Balaban J connectivity index is 1.93. The summed E-state index contributed by atoms with van der Waals surface area (Å²) in [6.45, 7) is 6.29. The van der Waals surface area contributed by atoms with Gasteiger partial charge in [0.05, 0.1) is 32.8 Å². The van der Waals surface area contributed by atoms with Crippen molar-refractivity contribution < 1.29 is 23.4 Å². The minimum absolute atomic E-state index is 0.277. The van der Waals surface area contributed by atoms with Crippen LogP contribution >= 0.6 is 0 Å². The second-order valence-corrected chi connectivity index (χ2v) is 6.58. The summed E-state index contributed by atoms with van der Waals surface area (Å²) in [6, 6.07) is 9.08. The maximum absolute atomic E-state index is 12.7. The van der Waals surface area contributed by atoms with Gasteiger partial charge in [-0.15, -0.1) is 0 Å². The van der Waals surface area contributed by atoms with Crippen molar-refractivity contribution in [2.45, 2.75) is 20.8 Å². The van der Waals surface area contributed by atoms with Crippen molar-refractivity contribution in [3.63, 3.8) is 0 Å². The summed E-state index contributed by atoms with van der Waals surface area (Å²) in [7, 11) is 3.12. The molecule has 152 valence electrons. The molecule has 1 aromatic heterocycles. The number of hydrogen-bond donors (Lipinski definition) is 1. The van der Waals surface area contributed by atoms with E-state index in [1.165, 1.54) is 6.08 Å². The smallest absolute Gasteiger partial charge is 0.248 e. The molecule has 6 nitrogen and oxygen atoms in total. The van der Waals surface area contributed by atoms with Gasteiger partial charge >= 0.3 is 0 Å². The SMILES string of the molecule is CCOc1cc2occ(C)c2cc1/C(C)=C/C(=O)Nc1cc(OC)ccc1OC. The zero-order valence-electron chi connectivity index (χ0n) is 17.3. The largest absolute Gasteiger partial charge is 0.497 e. The van der Waals surface area contributed by atoms with E-state index in [2.05, 4.69) is 5.32 Å². The van der Waals surface area contributed by atoms with Crippen LogP contribution in [0, 0.1) is 6.92 Å². The van der Waals surface area contributed by atoms with Gasteiger partial charge in [0.15, 0.2) is 0 Å². The molecule has 0 aliphatic rings. The van der Waals surface area contributed by atoms with Gasteiger partial charge in [-0.25, -0.2) is 0 Å². The van der Waals surface area contributed by atoms with E-state index in [9.17, 15) is 4.79 Å². The van der Waals surface area contributed by atoms with Crippen LogP contribution in [0.3, 0.4) is 0 Å². The number of rotatable bonds is 7. The standard InChI is InChI=1S/C23H25NO5/c1-6-28-21-12-22-18(15(3)13-29-22)11-17(21)14(2)9-23(25)24-19-10-16(26-4)7-8-20(19)27-5/h7-13H,6H2,1-5H3,(H,24,25)/b14-9+. The van der Waals surface area contributed by atoms with Gasteiger partial charge in [0.25, 0.3) is 0 Å². The number of carbonyl (C=O) groups excluding carboxylic acids is 1. The van der Waals surface area contributed by atoms with Crippen molar-refractivity contribution in [2.75, 3.05) is 26.1 Å².